The molecule has 0 amide bonds. The second-order valence-electron chi connectivity index (χ2n) is 5.13. The summed E-state index contributed by atoms with van der Waals surface area (Å²) < 4.78 is 27.3. The van der Waals surface area contributed by atoms with Gasteiger partial charge in [0.05, 0.1) is 4.90 Å². The van der Waals surface area contributed by atoms with Crippen molar-refractivity contribution in [3.05, 3.63) is 66.2 Å². The normalized spacial score (nSPS) is 11.5. The standard InChI is InChI=1S/C17H15NO3S/c1-12-5-8-15(9-6-12)22(20,21)18-14-7-10-16-13(11-14)3-2-4-17(16)19/h2-11,18-19H,1H3. The van der Waals surface area contributed by atoms with Gasteiger partial charge in [0.2, 0.25) is 0 Å². The number of benzene rings is 3. The first-order chi connectivity index (χ1) is 10.5. The molecule has 3 rings (SSSR count). The van der Waals surface area contributed by atoms with Crippen LogP contribution in [0.3, 0.4) is 0 Å². The average molecular weight is 313 g/mol. The first-order valence-corrected chi connectivity index (χ1v) is 8.25. The van der Waals surface area contributed by atoms with E-state index in [1.807, 2.05) is 13.0 Å². The highest BCUT2D eigenvalue weighted by molar-refractivity contribution is 7.92. The number of phenolic OH excluding ortho intramolecular Hbond substituents is 1. The maximum Gasteiger partial charge on any atom is 0.261 e. The Morgan fingerprint density at radius 1 is 0.955 bits per heavy atom. The molecule has 0 aromatic heterocycles. The smallest absolute Gasteiger partial charge is 0.261 e. The van der Waals surface area contributed by atoms with Gasteiger partial charge in [0.15, 0.2) is 0 Å². The molecule has 112 valence electrons. The molecule has 22 heavy (non-hydrogen) atoms. The van der Waals surface area contributed by atoms with Crippen LogP contribution in [0.5, 0.6) is 5.75 Å². The fourth-order valence-electron chi connectivity index (χ4n) is 2.26. The van der Waals surface area contributed by atoms with Gasteiger partial charge in [0, 0.05) is 11.1 Å². The number of phenols is 1. The van der Waals surface area contributed by atoms with E-state index in [1.165, 1.54) is 0 Å². The van der Waals surface area contributed by atoms with E-state index in [-0.39, 0.29) is 10.6 Å². The highest BCUT2D eigenvalue weighted by Crippen LogP contribution is 2.27. The van der Waals surface area contributed by atoms with Crippen LogP contribution in [-0.4, -0.2) is 13.5 Å². The Bertz CT molecular complexity index is 932. The number of aryl methyl sites for hydroxylation is 1. The van der Waals surface area contributed by atoms with Crippen LogP contribution >= 0.6 is 0 Å². The summed E-state index contributed by atoms with van der Waals surface area (Å²) in [5.41, 5.74) is 1.46. The number of nitrogens with one attached hydrogen (secondary N) is 1. The lowest BCUT2D eigenvalue weighted by molar-refractivity contribution is 0.481. The van der Waals surface area contributed by atoms with Gasteiger partial charge in [-0.25, -0.2) is 8.42 Å². The van der Waals surface area contributed by atoms with Crippen molar-refractivity contribution in [2.45, 2.75) is 11.8 Å². The molecule has 3 aromatic carbocycles. The van der Waals surface area contributed by atoms with Gasteiger partial charge in [0.25, 0.3) is 10.0 Å². The van der Waals surface area contributed by atoms with Crippen LogP contribution in [-0.2, 0) is 10.0 Å². The lowest BCUT2D eigenvalue weighted by Crippen LogP contribution is -2.12. The molecule has 4 nitrogen and oxygen atoms in total. The van der Waals surface area contributed by atoms with Crippen molar-refractivity contribution in [3.63, 3.8) is 0 Å². The molecular weight excluding hydrogens is 298 g/mol. The van der Waals surface area contributed by atoms with E-state index in [0.717, 1.165) is 10.9 Å². The molecule has 0 atom stereocenters. The number of anilines is 1. The third kappa shape index (κ3) is 2.76. The molecule has 0 spiro atoms. The summed E-state index contributed by atoms with van der Waals surface area (Å²) in [6.45, 7) is 1.90. The number of sulfonamides is 1. The summed E-state index contributed by atoms with van der Waals surface area (Å²) in [5.74, 6) is 0.172. The number of fused-ring (bicyclic) bond motifs is 1. The molecule has 3 aromatic rings. The van der Waals surface area contributed by atoms with Gasteiger partial charge >= 0.3 is 0 Å². The fourth-order valence-corrected chi connectivity index (χ4v) is 3.31. The Kier molecular flexibility index (Phi) is 3.50. The van der Waals surface area contributed by atoms with Crippen LogP contribution in [0, 0.1) is 6.92 Å². The van der Waals surface area contributed by atoms with E-state index in [9.17, 15) is 13.5 Å². The van der Waals surface area contributed by atoms with E-state index < -0.39 is 10.0 Å². The van der Waals surface area contributed by atoms with Gasteiger partial charge in [0.1, 0.15) is 5.75 Å². The van der Waals surface area contributed by atoms with Crippen LogP contribution < -0.4 is 4.72 Å². The minimum absolute atomic E-state index is 0.172. The van der Waals surface area contributed by atoms with Crippen molar-refractivity contribution in [3.8, 4) is 5.75 Å². The van der Waals surface area contributed by atoms with Crippen molar-refractivity contribution in [1.29, 1.82) is 0 Å². The molecule has 0 bridgehead atoms. The van der Waals surface area contributed by atoms with Crippen molar-refractivity contribution < 1.29 is 13.5 Å². The van der Waals surface area contributed by atoms with Crippen LogP contribution in [0.25, 0.3) is 10.8 Å². The summed E-state index contributed by atoms with van der Waals surface area (Å²) in [5, 5.41) is 11.2. The zero-order valence-electron chi connectivity index (χ0n) is 11.9. The Morgan fingerprint density at radius 3 is 2.41 bits per heavy atom. The third-order valence-electron chi connectivity index (χ3n) is 3.44. The molecule has 0 aliphatic heterocycles. The zero-order chi connectivity index (χ0) is 15.7. The monoisotopic (exact) mass is 313 g/mol. The zero-order valence-corrected chi connectivity index (χ0v) is 12.8. The van der Waals surface area contributed by atoms with Crippen molar-refractivity contribution in [1.82, 2.24) is 0 Å². The van der Waals surface area contributed by atoms with E-state index in [4.69, 9.17) is 0 Å². The summed E-state index contributed by atoms with van der Waals surface area (Å²) in [6, 6.07) is 16.8. The Balaban J connectivity index is 1.97. The number of rotatable bonds is 3. The molecule has 0 saturated heterocycles. The SMILES string of the molecule is Cc1ccc(S(=O)(=O)Nc2ccc3c(O)cccc3c2)cc1. The Labute approximate surface area is 129 Å². The Morgan fingerprint density at radius 2 is 1.68 bits per heavy atom. The number of hydrogen-bond acceptors (Lipinski definition) is 3. The van der Waals surface area contributed by atoms with E-state index in [0.29, 0.717) is 11.1 Å². The van der Waals surface area contributed by atoms with E-state index >= 15 is 0 Å². The predicted molar refractivity (Wildman–Crippen MR) is 87.6 cm³/mol. The summed E-state index contributed by atoms with van der Waals surface area (Å²) in [4.78, 5) is 0.217. The highest BCUT2D eigenvalue weighted by Gasteiger charge is 2.14. The molecule has 0 fully saturated rings. The van der Waals surface area contributed by atoms with E-state index in [2.05, 4.69) is 4.72 Å². The molecule has 0 saturated carbocycles. The van der Waals surface area contributed by atoms with Gasteiger partial charge < -0.3 is 5.11 Å². The van der Waals surface area contributed by atoms with Gasteiger partial charge in [-0.3, -0.25) is 4.72 Å². The molecule has 2 N–H and O–H groups in total. The van der Waals surface area contributed by atoms with Gasteiger partial charge in [-0.2, -0.15) is 0 Å². The van der Waals surface area contributed by atoms with E-state index in [1.54, 1.807) is 54.6 Å². The largest absolute Gasteiger partial charge is 0.507 e. The molecule has 0 aliphatic rings. The Hall–Kier alpha value is -2.53. The molecule has 0 aliphatic carbocycles. The van der Waals surface area contributed by atoms with Gasteiger partial charge in [-0.05, 0) is 48.7 Å². The van der Waals surface area contributed by atoms with Crippen LogP contribution in [0.4, 0.5) is 5.69 Å². The lowest BCUT2D eigenvalue weighted by atomic mass is 10.1. The number of hydrogen-bond donors (Lipinski definition) is 2. The maximum atomic E-state index is 12.4. The molecular formula is C17H15NO3S. The number of aromatic hydroxyl groups is 1. The predicted octanol–water partition coefficient (Wildman–Crippen LogP) is 3.65. The quantitative estimate of drug-likeness (QED) is 0.775. The maximum absolute atomic E-state index is 12.4. The lowest BCUT2D eigenvalue weighted by Gasteiger charge is -2.09. The molecule has 0 unspecified atom stereocenters. The van der Waals surface area contributed by atoms with Crippen LogP contribution in [0.15, 0.2) is 65.6 Å². The topological polar surface area (TPSA) is 66.4 Å². The second-order valence-corrected chi connectivity index (χ2v) is 6.81. The van der Waals surface area contributed by atoms with Gasteiger partial charge in [-0.15, -0.1) is 0 Å². The summed E-state index contributed by atoms with van der Waals surface area (Å²) in [6.07, 6.45) is 0. The first-order valence-electron chi connectivity index (χ1n) is 6.77. The summed E-state index contributed by atoms with van der Waals surface area (Å²) in [7, 11) is -3.62. The first kappa shape index (κ1) is 14.4. The minimum Gasteiger partial charge on any atom is -0.507 e. The molecule has 5 heteroatoms. The second kappa shape index (κ2) is 5.35. The summed E-state index contributed by atoms with van der Waals surface area (Å²) >= 11 is 0. The fraction of sp³-hybridized carbons (Fsp3) is 0.0588. The molecule has 0 radical (unpaired) electrons. The van der Waals surface area contributed by atoms with Crippen molar-refractivity contribution in [2.24, 2.45) is 0 Å². The van der Waals surface area contributed by atoms with Gasteiger partial charge in [-0.1, -0.05) is 29.8 Å². The minimum atomic E-state index is -3.62. The molecule has 0 heterocycles. The van der Waals surface area contributed by atoms with Crippen molar-refractivity contribution in [2.75, 3.05) is 4.72 Å². The van der Waals surface area contributed by atoms with Crippen LogP contribution in [0.1, 0.15) is 5.56 Å². The van der Waals surface area contributed by atoms with Crippen LogP contribution in [0.2, 0.25) is 0 Å². The third-order valence-corrected chi connectivity index (χ3v) is 4.84. The highest BCUT2D eigenvalue weighted by atomic mass is 32.2. The van der Waals surface area contributed by atoms with Crippen molar-refractivity contribution >= 4 is 26.5 Å². The average Bonchev–Trinajstić information content (AvgIpc) is 2.47.